The maximum Gasteiger partial charge on any atom is 0.290 e. The molecule has 0 fully saturated rings. The molecule has 1 aromatic heterocycles. The monoisotopic (exact) mass is 540 g/mol. The molecule has 198 valence electrons. The van der Waals surface area contributed by atoms with E-state index in [1.807, 2.05) is 54.6 Å². The Labute approximate surface area is 231 Å². The van der Waals surface area contributed by atoms with E-state index in [2.05, 4.69) is 25.8 Å². The number of rotatable bonds is 6. The fourth-order valence-electron chi connectivity index (χ4n) is 4.78. The lowest BCUT2D eigenvalue weighted by Gasteiger charge is -2.28. The molecule has 3 aromatic carbocycles. The smallest absolute Gasteiger partial charge is 0.290 e. The van der Waals surface area contributed by atoms with Crippen molar-refractivity contribution in [2.75, 3.05) is 0 Å². The molecule has 0 aliphatic carbocycles. The van der Waals surface area contributed by atoms with Crippen LogP contribution in [0, 0.1) is 12.7 Å². The van der Waals surface area contributed by atoms with Crippen molar-refractivity contribution in [1.29, 1.82) is 0 Å². The first-order valence-corrected chi connectivity index (χ1v) is 13.5. The predicted molar refractivity (Wildman–Crippen MR) is 151 cm³/mol. The highest BCUT2D eigenvalue weighted by atomic mass is 32.1. The van der Waals surface area contributed by atoms with Crippen LogP contribution in [0.3, 0.4) is 0 Å². The zero-order chi connectivity index (χ0) is 27.9. The van der Waals surface area contributed by atoms with E-state index in [1.165, 1.54) is 28.4 Å². The number of amides is 1. The minimum Gasteiger partial charge on any atom is -0.503 e. The van der Waals surface area contributed by atoms with Crippen LogP contribution in [0.1, 0.15) is 58.9 Å². The summed E-state index contributed by atoms with van der Waals surface area (Å²) in [5.41, 5.74) is 3.86. The molecule has 5 nitrogen and oxygen atoms in total. The van der Waals surface area contributed by atoms with Crippen LogP contribution in [0.25, 0.3) is 10.6 Å². The number of Topliss-reactive ketones (excluding diaryl/α,β-unsaturated/α-hetero) is 1. The molecular weight excluding hydrogens is 511 g/mol. The standard InChI is InChI=1S/C32H29FN2O3S/c1-19-29(39-30(34-19)22-8-6-5-7-9-22)27(36)25-26(21-12-14-23(15-13-21)32(2,3)4)35(31(38)28(25)37)18-20-10-16-24(33)17-11-20/h5-17,26,37H,18H2,1-4H3. The van der Waals surface area contributed by atoms with E-state index in [4.69, 9.17) is 0 Å². The first-order valence-electron chi connectivity index (χ1n) is 12.7. The van der Waals surface area contributed by atoms with E-state index < -0.39 is 23.5 Å². The summed E-state index contributed by atoms with van der Waals surface area (Å²) in [4.78, 5) is 33.9. The molecule has 1 aliphatic heterocycles. The summed E-state index contributed by atoms with van der Waals surface area (Å²) < 4.78 is 13.6. The Balaban J connectivity index is 1.58. The highest BCUT2D eigenvalue weighted by Crippen LogP contribution is 2.42. The Morgan fingerprint density at radius 3 is 2.26 bits per heavy atom. The molecule has 1 amide bonds. The van der Waals surface area contributed by atoms with Crippen LogP contribution in [0.15, 0.2) is 90.2 Å². The van der Waals surface area contributed by atoms with Gasteiger partial charge in [0.1, 0.15) is 10.8 Å². The number of aliphatic hydroxyl groups is 1. The van der Waals surface area contributed by atoms with Crippen molar-refractivity contribution in [3.8, 4) is 10.6 Å². The molecule has 0 saturated heterocycles. The topological polar surface area (TPSA) is 70.5 Å². The lowest BCUT2D eigenvalue weighted by molar-refractivity contribution is -0.130. The summed E-state index contributed by atoms with van der Waals surface area (Å²) in [6.45, 7) is 8.19. The second-order valence-electron chi connectivity index (χ2n) is 10.7. The number of hydrogen-bond donors (Lipinski definition) is 1. The number of aliphatic hydroxyl groups excluding tert-OH is 1. The highest BCUT2D eigenvalue weighted by Gasteiger charge is 2.44. The molecule has 1 N–H and O–H groups in total. The number of hydrogen-bond acceptors (Lipinski definition) is 5. The van der Waals surface area contributed by atoms with E-state index >= 15 is 0 Å². The Morgan fingerprint density at radius 1 is 1.00 bits per heavy atom. The van der Waals surface area contributed by atoms with Gasteiger partial charge in [0.05, 0.1) is 22.2 Å². The summed E-state index contributed by atoms with van der Waals surface area (Å²) in [5, 5.41) is 11.8. The minimum absolute atomic E-state index is 0.0250. The van der Waals surface area contributed by atoms with Crippen molar-refractivity contribution in [2.24, 2.45) is 0 Å². The average Bonchev–Trinajstić information content (AvgIpc) is 3.42. The normalized spacial score (nSPS) is 15.8. The summed E-state index contributed by atoms with van der Waals surface area (Å²) in [6, 6.07) is 22.4. The van der Waals surface area contributed by atoms with Crippen molar-refractivity contribution in [2.45, 2.75) is 45.7 Å². The quantitative estimate of drug-likeness (QED) is 0.260. The second-order valence-corrected chi connectivity index (χ2v) is 11.7. The Bertz CT molecular complexity index is 1570. The van der Waals surface area contributed by atoms with Crippen LogP contribution in [0.4, 0.5) is 4.39 Å². The fourth-order valence-corrected chi connectivity index (χ4v) is 5.81. The van der Waals surface area contributed by atoms with E-state index in [9.17, 15) is 19.1 Å². The lowest BCUT2D eigenvalue weighted by atomic mass is 9.85. The molecule has 7 heteroatoms. The van der Waals surface area contributed by atoms with Crippen molar-refractivity contribution < 1.29 is 19.1 Å². The SMILES string of the molecule is Cc1nc(-c2ccccc2)sc1C(=O)C1=C(O)C(=O)N(Cc2ccc(F)cc2)C1c1ccc(C(C)(C)C)cc1. The van der Waals surface area contributed by atoms with Gasteiger partial charge in [-0.05, 0) is 41.2 Å². The molecule has 39 heavy (non-hydrogen) atoms. The van der Waals surface area contributed by atoms with Crippen LogP contribution in [0.5, 0.6) is 0 Å². The number of nitrogens with zero attached hydrogens (tertiary/aromatic N) is 2. The van der Waals surface area contributed by atoms with Crippen LogP contribution < -0.4 is 0 Å². The Morgan fingerprint density at radius 2 is 1.64 bits per heavy atom. The first-order chi connectivity index (χ1) is 18.5. The molecular formula is C32H29FN2O3S. The average molecular weight is 541 g/mol. The van der Waals surface area contributed by atoms with Crippen molar-refractivity contribution >= 4 is 23.0 Å². The van der Waals surface area contributed by atoms with Gasteiger partial charge in [-0.3, -0.25) is 9.59 Å². The number of carbonyl (C=O) groups is 2. The summed E-state index contributed by atoms with van der Waals surface area (Å²) >= 11 is 1.24. The number of aryl methyl sites for hydroxylation is 1. The van der Waals surface area contributed by atoms with Gasteiger partial charge in [-0.1, -0.05) is 87.5 Å². The van der Waals surface area contributed by atoms with E-state index in [-0.39, 0.29) is 23.4 Å². The number of benzene rings is 3. The van der Waals surface area contributed by atoms with E-state index in [0.717, 1.165) is 11.1 Å². The molecule has 0 bridgehead atoms. The summed E-state index contributed by atoms with van der Waals surface area (Å²) in [5.74, 6) is -2.02. The third-order valence-corrected chi connectivity index (χ3v) is 8.14. The number of thiazole rings is 1. The molecule has 0 radical (unpaired) electrons. The highest BCUT2D eigenvalue weighted by molar-refractivity contribution is 7.17. The minimum atomic E-state index is -0.814. The van der Waals surface area contributed by atoms with Crippen LogP contribution in [0.2, 0.25) is 0 Å². The Kier molecular flexibility index (Phi) is 6.95. The maximum atomic E-state index is 14.0. The van der Waals surface area contributed by atoms with E-state index in [1.54, 1.807) is 19.1 Å². The third kappa shape index (κ3) is 5.14. The van der Waals surface area contributed by atoms with Crippen molar-refractivity contribution in [1.82, 2.24) is 9.88 Å². The molecule has 1 atom stereocenters. The van der Waals surface area contributed by atoms with Gasteiger partial charge < -0.3 is 10.0 Å². The second kappa shape index (κ2) is 10.2. The summed E-state index contributed by atoms with van der Waals surface area (Å²) in [7, 11) is 0. The Hall–Kier alpha value is -4.10. The zero-order valence-electron chi connectivity index (χ0n) is 22.2. The van der Waals surface area contributed by atoms with Crippen LogP contribution in [-0.2, 0) is 16.8 Å². The predicted octanol–water partition coefficient (Wildman–Crippen LogP) is 7.33. The molecule has 2 heterocycles. The number of halogens is 1. The van der Waals surface area contributed by atoms with Gasteiger partial charge in [0.15, 0.2) is 5.76 Å². The summed E-state index contributed by atoms with van der Waals surface area (Å²) in [6.07, 6.45) is 0. The van der Waals surface area contributed by atoms with Gasteiger partial charge >= 0.3 is 0 Å². The van der Waals surface area contributed by atoms with Gasteiger partial charge in [-0.2, -0.15) is 0 Å². The van der Waals surface area contributed by atoms with Crippen molar-refractivity contribution in [3.05, 3.63) is 123 Å². The molecule has 1 unspecified atom stereocenters. The molecule has 5 rings (SSSR count). The van der Waals surface area contributed by atoms with E-state index in [0.29, 0.717) is 26.7 Å². The largest absolute Gasteiger partial charge is 0.503 e. The fraction of sp³-hybridized carbons (Fsp3) is 0.219. The number of carbonyl (C=O) groups excluding carboxylic acids is 2. The third-order valence-electron chi connectivity index (χ3n) is 6.93. The number of aromatic nitrogens is 1. The zero-order valence-corrected chi connectivity index (χ0v) is 23.1. The van der Waals surface area contributed by atoms with Gasteiger partial charge in [-0.15, -0.1) is 11.3 Å². The molecule has 0 saturated carbocycles. The van der Waals surface area contributed by atoms with Crippen LogP contribution >= 0.6 is 11.3 Å². The van der Waals surface area contributed by atoms with Gasteiger partial charge in [0.2, 0.25) is 5.78 Å². The number of ketones is 1. The molecule has 4 aromatic rings. The maximum absolute atomic E-state index is 14.0. The molecule has 1 aliphatic rings. The van der Waals surface area contributed by atoms with Gasteiger partial charge in [0.25, 0.3) is 5.91 Å². The first kappa shape index (κ1) is 26.5. The van der Waals surface area contributed by atoms with Crippen LogP contribution in [-0.4, -0.2) is 26.7 Å². The lowest BCUT2D eigenvalue weighted by Crippen LogP contribution is -2.30. The molecule has 0 spiro atoms. The van der Waals surface area contributed by atoms with Crippen molar-refractivity contribution in [3.63, 3.8) is 0 Å². The van der Waals surface area contributed by atoms with Gasteiger partial charge in [-0.25, -0.2) is 9.37 Å². The van der Waals surface area contributed by atoms with Gasteiger partial charge in [0, 0.05) is 12.1 Å².